The smallest absolute Gasteiger partial charge is 0.509 e. The number of rotatable bonds is 9. The molecule has 4 N–H and O–H groups in total. The van der Waals surface area contributed by atoms with E-state index in [4.69, 9.17) is 45.3 Å². The highest BCUT2D eigenvalue weighted by Crippen LogP contribution is 2.18. The number of nitrogens with one attached hydrogen (secondary N) is 1. The van der Waals surface area contributed by atoms with E-state index in [1.807, 2.05) is 0 Å². The Morgan fingerprint density at radius 2 is 1.50 bits per heavy atom. The molecule has 0 radical (unpaired) electrons. The van der Waals surface area contributed by atoms with Crippen molar-refractivity contribution >= 4 is 57.7 Å². The number of thiocarbonyl (C=S) groups is 2. The topological polar surface area (TPSA) is 111 Å². The second kappa shape index (κ2) is 18.7. The summed E-state index contributed by atoms with van der Waals surface area (Å²) in [7, 11) is 0. The van der Waals surface area contributed by atoms with Crippen molar-refractivity contribution < 1.29 is 39.0 Å². The molecule has 4 rings (SSSR count). The third-order valence-electron chi connectivity index (χ3n) is 4.64. The average Bonchev–Trinajstić information content (AvgIpc) is 3.48. The minimum absolute atomic E-state index is 0. The van der Waals surface area contributed by atoms with Crippen LogP contribution in [0.3, 0.4) is 0 Å². The molecule has 0 unspecified atom stereocenters. The van der Waals surface area contributed by atoms with Gasteiger partial charge in [0.25, 0.3) is 12.9 Å². The molecule has 0 amide bonds. The molecule has 0 bridgehead atoms. The van der Waals surface area contributed by atoms with Crippen molar-refractivity contribution in [3.8, 4) is 0 Å². The van der Waals surface area contributed by atoms with Gasteiger partial charge in [-0.2, -0.15) is 0 Å². The minimum atomic E-state index is -2.43. The van der Waals surface area contributed by atoms with Gasteiger partial charge in [0.1, 0.15) is 29.3 Å². The Kier molecular flexibility index (Phi) is 16.5. The number of alkyl halides is 4. The van der Waals surface area contributed by atoms with Crippen molar-refractivity contribution in [3.63, 3.8) is 0 Å². The number of nitrogens with zero attached hydrogens (tertiary/aromatic N) is 3. The summed E-state index contributed by atoms with van der Waals surface area (Å²) in [6.07, 6.45) is 1.39. The summed E-state index contributed by atoms with van der Waals surface area (Å²) in [6.45, 7) is 0.495. The third kappa shape index (κ3) is 14.7. The lowest BCUT2D eigenvalue weighted by atomic mass is 10.2. The molecule has 2 aliphatic rings. The van der Waals surface area contributed by atoms with E-state index in [2.05, 4.69) is 32.2 Å². The molecule has 0 spiro atoms. The van der Waals surface area contributed by atoms with Gasteiger partial charge in [0.2, 0.25) is 0 Å². The van der Waals surface area contributed by atoms with Crippen LogP contribution in [0.1, 0.15) is 12.6 Å². The predicted octanol–water partition coefficient (Wildman–Crippen LogP) is 5.21. The number of hydrogen-bond acceptors (Lipinski definition) is 9. The standard InChI is InChI=1S/C12H11ClF2N2OS.C8H9ClF2N2.C4H4O2S.H2O/c13-10-2-1-8(4-16-10)5-17(6-11(14)15)9-3-12(19)18-7-9;9-7-2-1-6(4-13-7)3-12-5-8(10)11;5-3-1-4(7)6-2-3;/h1-4,11H,5-7H2;1-2,4,8,12H,3,5H2;1,5H,2H2;1H2/p+1. The first-order valence-corrected chi connectivity index (χ1v) is 12.8. The highest BCUT2D eigenvalue weighted by molar-refractivity contribution is 7.80. The summed E-state index contributed by atoms with van der Waals surface area (Å²) in [6, 6.07) is 6.75. The summed E-state index contributed by atoms with van der Waals surface area (Å²) < 4.78 is 58.4. The lowest BCUT2D eigenvalue weighted by Gasteiger charge is -2.24. The van der Waals surface area contributed by atoms with E-state index in [1.165, 1.54) is 11.0 Å². The second-order valence-electron chi connectivity index (χ2n) is 7.76. The maximum atomic E-state index is 12.6. The van der Waals surface area contributed by atoms with Crippen molar-refractivity contribution in [1.82, 2.24) is 20.2 Å². The van der Waals surface area contributed by atoms with E-state index < -0.39 is 12.9 Å². The van der Waals surface area contributed by atoms with Crippen LogP contribution < -0.4 is 5.32 Å². The van der Waals surface area contributed by atoms with Crippen LogP contribution in [0.4, 0.5) is 17.6 Å². The molecular formula is C24H27Cl2F4N4O4S2+. The first-order chi connectivity index (χ1) is 18.5. The Morgan fingerprint density at radius 1 is 0.925 bits per heavy atom. The number of aliphatic hydroxyl groups excluding tert-OH is 1. The normalized spacial score (nSPS) is 13.7. The summed E-state index contributed by atoms with van der Waals surface area (Å²) in [5, 5.41) is 12.6. The SMILES string of the molecule is FC(F)CN(Cc1ccc(Cl)nc1)C1=CC(=S)OC1.FC(F)CNCc1ccc(Cl)nc1.O.OC1=CC(=S)OC1.[H+]. The van der Waals surface area contributed by atoms with Crippen LogP contribution in [0, 0.1) is 0 Å². The lowest BCUT2D eigenvalue weighted by Crippen LogP contribution is -2.28. The molecule has 220 valence electrons. The summed E-state index contributed by atoms with van der Waals surface area (Å²) in [4.78, 5) is 9.28. The van der Waals surface area contributed by atoms with Gasteiger partial charge in [-0.15, -0.1) is 0 Å². The van der Waals surface area contributed by atoms with Crippen LogP contribution >= 0.6 is 47.6 Å². The molecular weight excluding hydrogens is 619 g/mol. The van der Waals surface area contributed by atoms with E-state index >= 15 is 0 Å². The third-order valence-corrected chi connectivity index (χ3v) is 5.56. The summed E-state index contributed by atoms with van der Waals surface area (Å²) >= 11 is 20.6. The molecule has 2 aliphatic heterocycles. The fourth-order valence-corrected chi connectivity index (χ4v) is 3.53. The molecule has 40 heavy (non-hydrogen) atoms. The molecule has 0 atom stereocenters. The van der Waals surface area contributed by atoms with Gasteiger partial charge in [-0.1, -0.05) is 35.3 Å². The van der Waals surface area contributed by atoms with Gasteiger partial charge < -0.3 is 30.3 Å². The number of aliphatic hydroxyl groups is 1. The minimum Gasteiger partial charge on any atom is -0.509 e. The summed E-state index contributed by atoms with van der Waals surface area (Å²) in [5.41, 5.74) is 2.29. The maximum Gasteiger partial charge on any atom is 1.00 e. The van der Waals surface area contributed by atoms with Crippen molar-refractivity contribution in [2.45, 2.75) is 25.9 Å². The van der Waals surface area contributed by atoms with Gasteiger partial charge in [0.05, 0.1) is 18.8 Å². The molecule has 0 fully saturated rings. The molecule has 0 saturated heterocycles. The van der Waals surface area contributed by atoms with Gasteiger partial charge in [0, 0.05) is 37.6 Å². The average molecular weight is 647 g/mol. The fraction of sp³-hybridized carbons (Fsp3) is 0.333. The lowest BCUT2D eigenvalue weighted by molar-refractivity contribution is 0.0965. The molecule has 0 saturated carbocycles. The number of hydrogen-bond donors (Lipinski definition) is 2. The molecule has 16 heteroatoms. The Balaban J connectivity index is 0.000000632. The van der Waals surface area contributed by atoms with Gasteiger partial charge in [-0.25, -0.2) is 27.5 Å². The number of pyridine rings is 2. The van der Waals surface area contributed by atoms with Gasteiger partial charge in [-0.3, -0.25) is 0 Å². The molecule has 0 aromatic carbocycles. The molecule has 2 aromatic rings. The fourth-order valence-electron chi connectivity index (χ4n) is 2.92. The number of aromatic nitrogens is 2. The van der Waals surface area contributed by atoms with Gasteiger partial charge >= 0.3 is 1.43 Å². The highest BCUT2D eigenvalue weighted by Gasteiger charge is 2.20. The molecule has 8 nitrogen and oxygen atoms in total. The van der Waals surface area contributed by atoms with E-state index in [0.717, 1.165) is 11.1 Å². The van der Waals surface area contributed by atoms with Crippen LogP contribution in [-0.4, -0.2) is 74.7 Å². The quantitative estimate of drug-likeness (QED) is 0.216. The van der Waals surface area contributed by atoms with Gasteiger partial charge in [0.15, 0.2) is 10.1 Å². The van der Waals surface area contributed by atoms with Crippen molar-refractivity contribution in [2.75, 3.05) is 26.3 Å². The van der Waals surface area contributed by atoms with Crippen molar-refractivity contribution in [1.29, 1.82) is 0 Å². The van der Waals surface area contributed by atoms with E-state index in [9.17, 15) is 17.6 Å². The van der Waals surface area contributed by atoms with Crippen LogP contribution in [0.5, 0.6) is 0 Å². The Hall–Kier alpha value is -2.62. The molecule has 2 aromatic heterocycles. The Bertz CT molecular complexity index is 1150. The first-order valence-electron chi connectivity index (χ1n) is 11.2. The zero-order chi connectivity index (χ0) is 28.8. The largest absolute Gasteiger partial charge is 1.00 e. The van der Waals surface area contributed by atoms with Gasteiger partial charge in [-0.05, 0) is 47.7 Å². The second-order valence-corrected chi connectivity index (χ2v) is 9.34. The molecule has 0 aliphatic carbocycles. The zero-order valence-corrected chi connectivity index (χ0v) is 23.9. The van der Waals surface area contributed by atoms with E-state index in [0.29, 0.717) is 39.2 Å². The van der Waals surface area contributed by atoms with E-state index in [-0.39, 0.29) is 39.0 Å². The van der Waals surface area contributed by atoms with E-state index in [1.54, 1.807) is 42.7 Å². The number of ether oxygens (including phenoxy) is 2. The Labute approximate surface area is 250 Å². The van der Waals surface area contributed by atoms with Crippen molar-refractivity contribution in [3.05, 3.63) is 81.7 Å². The first kappa shape index (κ1) is 35.4. The van der Waals surface area contributed by atoms with Crippen LogP contribution in [0.15, 0.2) is 60.3 Å². The van der Waals surface area contributed by atoms with Crippen molar-refractivity contribution in [2.24, 2.45) is 0 Å². The predicted molar refractivity (Wildman–Crippen MR) is 153 cm³/mol. The van der Waals surface area contributed by atoms with Crippen LogP contribution in [0.25, 0.3) is 0 Å². The zero-order valence-electron chi connectivity index (χ0n) is 21.7. The monoisotopic (exact) mass is 645 g/mol. The maximum absolute atomic E-state index is 12.6. The Morgan fingerprint density at radius 3 is 1.90 bits per heavy atom. The van der Waals surface area contributed by atoms with Crippen LogP contribution in [-0.2, 0) is 22.6 Å². The van der Waals surface area contributed by atoms with Crippen LogP contribution in [0.2, 0.25) is 10.3 Å². The summed E-state index contributed by atoms with van der Waals surface area (Å²) in [5.74, 6) is 0.213. The number of halogens is 6. The highest BCUT2D eigenvalue weighted by atomic mass is 35.5. The molecule has 4 heterocycles.